The molecule has 0 bridgehead atoms. The average molecular weight is 475 g/mol. The third-order valence-corrected chi connectivity index (χ3v) is 7.16. The summed E-state index contributed by atoms with van der Waals surface area (Å²) in [6.07, 6.45) is 0. The number of benzene rings is 3. The topological polar surface area (TPSA) is 40.6 Å². The molecule has 0 atom stereocenters. The van der Waals surface area contributed by atoms with Gasteiger partial charge in [0.1, 0.15) is 10.1 Å². The third-order valence-electron chi connectivity index (χ3n) is 5.71. The lowest BCUT2D eigenvalue weighted by Gasteiger charge is -2.17. The highest BCUT2D eigenvalue weighted by Crippen LogP contribution is 2.45. The van der Waals surface area contributed by atoms with Gasteiger partial charge in [-0.15, -0.1) is 0 Å². The van der Waals surface area contributed by atoms with Crippen LogP contribution in [0.2, 0.25) is 0 Å². The fraction of sp³-hybridized carbons (Fsp3) is 0.115. The maximum atomic E-state index is 13.6. The van der Waals surface area contributed by atoms with Gasteiger partial charge in [0, 0.05) is 5.56 Å². The Balaban J connectivity index is 1.50. The molecule has 0 N–H and O–H groups in total. The van der Waals surface area contributed by atoms with E-state index < -0.39 is 0 Å². The van der Waals surface area contributed by atoms with Crippen LogP contribution in [0.5, 0.6) is 0 Å². The minimum Gasteiger partial charge on any atom is -0.303 e. The zero-order chi connectivity index (χ0) is 23.1. The Bertz CT molecular complexity index is 1320. The number of hydrogen-bond donors (Lipinski definition) is 0. The molecule has 33 heavy (non-hydrogen) atoms. The normalized spacial score (nSPS) is 17.8. The van der Waals surface area contributed by atoms with Crippen molar-refractivity contribution in [2.45, 2.75) is 20.0 Å². The smallest absolute Gasteiger partial charge is 0.267 e. The quantitative estimate of drug-likeness (QED) is 0.372. The summed E-state index contributed by atoms with van der Waals surface area (Å²) in [5, 5.41) is 0. The van der Waals surface area contributed by atoms with E-state index in [1.54, 1.807) is 17.0 Å². The van der Waals surface area contributed by atoms with Crippen molar-refractivity contribution in [3.63, 3.8) is 0 Å². The number of para-hydroxylation sites is 1. The maximum absolute atomic E-state index is 13.6. The minimum atomic E-state index is -0.340. The van der Waals surface area contributed by atoms with E-state index >= 15 is 0 Å². The van der Waals surface area contributed by atoms with Crippen LogP contribution >= 0.6 is 24.0 Å². The van der Waals surface area contributed by atoms with Crippen molar-refractivity contribution in [3.05, 3.63) is 106 Å². The van der Waals surface area contributed by atoms with Gasteiger partial charge in [0.2, 0.25) is 0 Å². The highest BCUT2D eigenvalue weighted by Gasteiger charge is 2.41. The van der Waals surface area contributed by atoms with Crippen molar-refractivity contribution in [2.75, 3.05) is 4.90 Å². The molecule has 0 spiro atoms. The van der Waals surface area contributed by atoms with Crippen LogP contribution in [0.3, 0.4) is 0 Å². The first-order valence-corrected chi connectivity index (χ1v) is 11.6. The number of hydrogen-bond acceptors (Lipinski definition) is 4. The lowest BCUT2D eigenvalue weighted by Crippen LogP contribution is -2.29. The highest BCUT2D eigenvalue weighted by atomic mass is 32.2. The summed E-state index contributed by atoms with van der Waals surface area (Å²) in [6.45, 7) is 2.66. The number of halogens is 1. The van der Waals surface area contributed by atoms with E-state index in [4.69, 9.17) is 12.2 Å². The largest absolute Gasteiger partial charge is 0.303 e. The van der Waals surface area contributed by atoms with E-state index in [0.717, 1.165) is 39.7 Å². The molecule has 0 aromatic heterocycles. The first kappa shape index (κ1) is 21.6. The van der Waals surface area contributed by atoms with E-state index in [1.807, 2.05) is 55.5 Å². The molecule has 3 aromatic rings. The number of fused-ring (bicyclic) bond motifs is 1. The van der Waals surface area contributed by atoms with Gasteiger partial charge in [-0.1, -0.05) is 84.1 Å². The Morgan fingerprint density at radius 3 is 2.12 bits per heavy atom. The molecule has 1 saturated heterocycles. The molecule has 4 nitrogen and oxygen atoms in total. The molecule has 3 aromatic carbocycles. The van der Waals surface area contributed by atoms with Crippen LogP contribution in [-0.2, 0) is 22.7 Å². The molecule has 0 aliphatic carbocycles. The summed E-state index contributed by atoms with van der Waals surface area (Å²) >= 11 is 6.62. The van der Waals surface area contributed by atoms with Crippen LogP contribution in [0.4, 0.5) is 10.1 Å². The molecule has 0 saturated carbocycles. The van der Waals surface area contributed by atoms with E-state index in [0.29, 0.717) is 21.3 Å². The zero-order valence-corrected chi connectivity index (χ0v) is 19.4. The standard InChI is InChI=1S/C26H19FN2O2S2/c1-16-6-8-17(9-7-16)14-28-21-5-3-2-4-20(21)22(24(28)30)23-25(31)29(26(32)33-23)15-18-10-12-19(27)13-11-18/h2-13H,14-15H2,1H3. The molecule has 2 aliphatic heterocycles. The third kappa shape index (κ3) is 3.98. The molecular formula is C26H19FN2O2S2. The number of carbonyl (C=O) groups excluding carboxylic acids is 2. The number of anilines is 1. The Morgan fingerprint density at radius 1 is 0.818 bits per heavy atom. The number of aryl methyl sites for hydroxylation is 1. The molecule has 2 amide bonds. The minimum absolute atomic E-state index is 0.209. The lowest BCUT2D eigenvalue weighted by molar-refractivity contribution is -0.122. The van der Waals surface area contributed by atoms with Gasteiger partial charge in [0.15, 0.2) is 0 Å². The summed E-state index contributed by atoms with van der Waals surface area (Å²) in [5.41, 5.74) is 4.82. The number of thioether (sulfide) groups is 1. The molecule has 164 valence electrons. The van der Waals surface area contributed by atoms with Crippen LogP contribution in [0, 0.1) is 12.7 Å². The fourth-order valence-electron chi connectivity index (χ4n) is 3.99. The van der Waals surface area contributed by atoms with Crippen LogP contribution in [-0.4, -0.2) is 21.0 Å². The number of carbonyl (C=O) groups is 2. The molecule has 0 radical (unpaired) electrons. The number of rotatable bonds is 4. The molecule has 7 heteroatoms. The van der Waals surface area contributed by atoms with Crippen LogP contribution in [0.1, 0.15) is 22.3 Å². The van der Waals surface area contributed by atoms with Crippen LogP contribution in [0.15, 0.2) is 77.7 Å². The van der Waals surface area contributed by atoms with Crippen molar-refractivity contribution >= 4 is 51.4 Å². The second-order valence-corrected chi connectivity index (χ2v) is 9.63. The van der Waals surface area contributed by atoms with Gasteiger partial charge in [-0.2, -0.15) is 0 Å². The summed E-state index contributed by atoms with van der Waals surface area (Å²) < 4.78 is 13.6. The number of thiocarbonyl (C=S) groups is 1. The second-order valence-electron chi connectivity index (χ2n) is 7.98. The Kier molecular flexibility index (Phi) is 5.60. The van der Waals surface area contributed by atoms with Crippen molar-refractivity contribution in [2.24, 2.45) is 0 Å². The van der Waals surface area contributed by atoms with E-state index in [2.05, 4.69) is 0 Å². The average Bonchev–Trinajstić information content (AvgIpc) is 3.24. The van der Waals surface area contributed by atoms with Gasteiger partial charge in [-0.3, -0.25) is 14.5 Å². The van der Waals surface area contributed by atoms with Crippen LogP contribution in [0.25, 0.3) is 5.57 Å². The van der Waals surface area contributed by atoms with Gasteiger partial charge >= 0.3 is 0 Å². The number of nitrogens with zero attached hydrogens (tertiary/aromatic N) is 2. The van der Waals surface area contributed by atoms with Gasteiger partial charge in [0.25, 0.3) is 11.8 Å². The SMILES string of the molecule is Cc1ccc(CN2C(=O)C(=C3SC(=S)N(Cc4ccc(F)cc4)C3=O)c3ccccc32)cc1. The fourth-order valence-corrected chi connectivity index (χ4v) is 5.32. The second kappa shape index (κ2) is 8.57. The van der Waals surface area contributed by atoms with Gasteiger partial charge < -0.3 is 4.90 Å². The van der Waals surface area contributed by atoms with E-state index in [-0.39, 0.29) is 24.2 Å². The molecule has 2 aliphatic rings. The first-order valence-electron chi connectivity index (χ1n) is 10.4. The van der Waals surface area contributed by atoms with Gasteiger partial charge in [-0.05, 0) is 36.2 Å². The van der Waals surface area contributed by atoms with Crippen molar-refractivity contribution in [3.8, 4) is 0 Å². The molecule has 2 heterocycles. The summed E-state index contributed by atoms with van der Waals surface area (Å²) in [6, 6.07) is 21.5. The Hall–Kier alpha value is -3.29. The Labute approximate surface area is 200 Å². The lowest BCUT2D eigenvalue weighted by atomic mass is 10.1. The van der Waals surface area contributed by atoms with Crippen molar-refractivity contribution in [1.29, 1.82) is 0 Å². The number of amides is 2. The van der Waals surface area contributed by atoms with Gasteiger partial charge in [-0.25, -0.2) is 4.39 Å². The maximum Gasteiger partial charge on any atom is 0.267 e. The molecule has 0 unspecified atom stereocenters. The highest BCUT2D eigenvalue weighted by molar-refractivity contribution is 8.26. The molecule has 5 rings (SSSR count). The molecule has 1 fully saturated rings. The Morgan fingerprint density at radius 2 is 1.42 bits per heavy atom. The predicted molar refractivity (Wildman–Crippen MR) is 133 cm³/mol. The van der Waals surface area contributed by atoms with Crippen molar-refractivity contribution in [1.82, 2.24) is 4.90 Å². The van der Waals surface area contributed by atoms with Crippen molar-refractivity contribution < 1.29 is 14.0 Å². The molecular weight excluding hydrogens is 455 g/mol. The monoisotopic (exact) mass is 474 g/mol. The predicted octanol–water partition coefficient (Wildman–Crippen LogP) is 5.45. The van der Waals surface area contributed by atoms with Crippen LogP contribution < -0.4 is 4.90 Å². The zero-order valence-electron chi connectivity index (χ0n) is 17.7. The summed E-state index contributed by atoms with van der Waals surface area (Å²) in [7, 11) is 0. The summed E-state index contributed by atoms with van der Waals surface area (Å²) in [4.78, 5) is 30.4. The van der Waals surface area contributed by atoms with Gasteiger partial charge in [0.05, 0.1) is 29.3 Å². The summed E-state index contributed by atoms with van der Waals surface area (Å²) in [5.74, 6) is -0.850. The first-order chi connectivity index (χ1) is 15.9. The van der Waals surface area contributed by atoms with E-state index in [1.165, 1.54) is 17.0 Å². The van der Waals surface area contributed by atoms with E-state index in [9.17, 15) is 14.0 Å².